The molecular formula is C14H18N2O2S. The molecule has 0 aliphatic rings. The summed E-state index contributed by atoms with van der Waals surface area (Å²) in [6.07, 6.45) is 4.23. The van der Waals surface area contributed by atoms with Crippen LogP contribution in [0.3, 0.4) is 0 Å². The Morgan fingerprint density at radius 1 is 1.26 bits per heavy atom. The van der Waals surface area contributed by atoms with E-state index in [9.17, 15) is 8.42 Å². The molecule has 0 fully saturated rings. The number of rotatable bonds is 5. The van der Waals surface area contributed by atoms with E-state index >= 15 is 0 Å². The fourth-order valence-electron chi connectivity index (χ4n) is 2.16. The summed E-state index contributed by atoms with van der Waals surface area (Å²) in [6, 6.07) is 9.59. The van der Waals surface area contributed by atoms with Crippen LogP contribution in [-0.2, 0) is 9.84 Å². The van der Waals surface area contributed by atoms with Crippen LogP contribution in [0.2, 0.25) is 0 Å². The molecule has 5 heteroatoms. The van der Waals surface area contributed by atoms with Crippen molar-refractivity contribution in [2.45, 2.75) is 18.9 Å². The van der Waals surface area contributed by atoms with E-state index in [1.54, 1.807) is 6.20 Å². The Morgan fingerprint density at radius 3 is 2.74 bits per heavy atom. The Balaban J connectivity index is 2.15. The van der Waals surface area contributed by atoms with Gasteiger partial charge in [-0.25, -0.2) is 8.42 Å². The van der Waals surface area contributed by atoms with Crippen LogP contribution in [0.25, 0.3) is 10.9 Å². The number of hydrogen-bond acceptors (Lipinski definition) is 4. The van der Waals surface area contributed by atoms with Gasteiger partial charge in [0.25, 0.3) is 0 Å². The second-order valence-electron chi connectivity index (χ2n) is 4.80. The first-order valence-electron chi connectivity index (χ1n) is 6.24. The lowest BCUT2D eigenvalue weighted by molar-refractivity contribution is 0.588. The Hall–Kier alpha value is -1.46. The van der Waals surface area contributed by atoms with Crippen molar-refractivity contribution in [3.63, 3.8) is 0 Å². The lowest BCUT2D eigenvalue weighted by Gasteiger charge is -2.14. The lowest BCUT2D eigenvalue weighted by atomic mass is 9.99. The molecule has 1 aromatic carbocycles. The third-order valence-corrected chi connectivity index (χ3v) is 4.14. The number of nitrogens with zero attached hydrogens (tertiary/aromatic N) is 1. The highest BCUT2D eigenvalue weighted by atomic mass is 32.2. The summed E-state index contributed by atoms with van der Waals surface area (Å²) < 4.78 is 22.2. The number of fused-ring (bicyclic) bond motifs is 1. The Kier molecular flexibility index (Phi) is 4.17. The van der Waals surface area contributed by atoms with Crippen LogP contribution in [0.5, 0.6) is 0 Å². The van der Waals surface area contributed by atoms with Gasteiger partial charge in [-0.2, -0.15) is 0 Å². The highest BCUT2D eigenvalue weighted by Gasteiger charge is 2.11. The highest BCUT2D eigenvalue weighted by molar-refractivity contribution is 7.90. The van der Waals surface area contributed by atoms with Gasteiger partial charge in [0, 0.05) is 29.6 Å². The molecule has 1 unspecified atom stereocenters. The number of sulfone groups is 1. The molecule has 2 N–H and O–H groups in total. The first-order valence-corrected chi connectivity index (χ1v) is 8.30. The molecule has 0 aliphatic heterocycles. The van der Waals surface area contributed by atoms with Crippen molar-refractivity contribution in [2.24, 2.45) is 5.73 Å². The predicted octanol–water partition coefficient (Wildman–Crippen LogP) is 2.06. The van der Waals surface area contributed by atoms with E-state index in [2.05, 4.69) is 4.98 Å². The number of pyridine rings is 1. The van der Waals surface area contributed by atoms with E-state index in [0.717, 1.165) is 16.5 Å². The second-order valence-corrected chi connectivity index (χ2v) is 7.06. The molecule has 0 saturated heterocycles. The number of hydrogen-bond donors (Lipinski definition) is 1. The zero-order valence-electron chi connectivity index (χ0n) is 10.9. The van der Waals surface area contributed by atoms with Crippen LogP contribution in [-0.4, -0.2) is 25.4 Å². The molecule has 0 bridgehead atoms. The van der Waals surface area contributed by atoms with Crippen molar-refractivity contribution in [3.05, 3.63) is 42.1 Å². The molecule has 0 aliphatic carbocycles. The topological polar surface area (TPSA) is 73.0 Å². The van der Waals surface area contributed by atoms with E-state index in [1.807, 2.05) is 30.3 Å². The SMILES string of the molecule is CS(=O)(=O)CCCC(N)c1ccnc2ccccc12. The second kappa shape index (κ2) is 5.67. The monoisotopic (exact) mass is 278 g/mol. The minimum Gasteiger partial charge on any atom is -0.324 e. The predicted molar refractivity (Wildman–Crippen MR) is 77.6 cm³/mol. The number of para-hydroxylation sites is 1. The Bertz CT molecular complexity index is 663. The number of benzene rings is 1. The van der Waals surface area contributed by atoms with Gasteiger partial charge in [0.1, 0.15) is 9.84 Å². The first kappa shape index (κ1) is 14.0. The van der Waals surface area contributed by atoms with Crippen LogP contribution in [0.1, 0.15) is 24.4 Å². The maximum Gasteiger partial charge on any atom is 0.147 e. The summed E-state index contributed by atoms with van der Waals surface area (Å²) >= 11 is 0. The summed E-state index contributed by atoms with van der Waals surface area (Å²) in [6.45, 7) is 0. The van der Waals surface area contributed by atoms with Gasteiger partial charge in [-0.3, -0.25) is 4.98 Å². The van der Waals surface area contributed by atoms with Crippen molar-refractivity contribution in [1.29, 1.82) is 0 Å². The van der Waals surface area contributed by atoms with Crippen LogP contribution in [0.15, 0.2) is 36.5 Å². The molecule has 0 radical (unpaired) electrons. The molecule has 1 atom stereocenters. The summed E-state index contributed by atoms with van der Waals surface area (Å²) in [5.74, 6) is 0.184. The van der Waals surface area contributed by atoms with Crippen molar-refractivity contribution in [3.8, 4) is 0 Å². The Morgan fingerprint density at radius 2 is 2.00 bits per heavy atom. The molecule has 1 aromatic heterocycles. The normalized spacial score (nSPS) is 13.6. The van der Waals surface area contributed by atoms with Gasteiger partial charge in [0.2, 0.25) is 0 Å². The molecule has 4 nitrogen and oxygen atoms in total. The zero-order valence-corrected chi connectivity index (χ0v) is 11.7. The minimum absolute atomic E-state index is 0.158. The van der Waals surface area contributed by atoms with Crippen LogP contribution in [0, 0.1) is 0 Å². The third kappa shape index (κ3) is 3.75. The van der Waals surface area contributed by atoms with E-state index < -0.39 is 9.84 Å². The minimum atomic E-state index is -2.91. The molecular weight excluding hydrogens is 260 g/mol. The standard InChI is InChI=1S/C14H18N2O2S/c1-19(17,18)10-4-6-13(15)11-8-9-16-14-7-3-2-5-12(11)14/h2-3,5,7-9,13H,4,6,10,15H2,1H3. The van der Waals surface area contributed by atoms with E-state index in [4.69, 9.17) is 5.73 Å². The van der Waals surface area contributed by atoms with Crippen LogP contribution < -0.4 is 5.73 Å². The van der Waals surface area contributed by atoms with Crippen molar-refractivity contribution >= 4 is 20.7 Å². The quantitative estimate of drug-likeness (QED) is 0.908. The summed E-state index contributed by atoms with van der Waals surface area (Å²) in [7, 11) is -2.91. The van der Waals surface area contributed by atoms with Gasteiger partial charge in [0.15, 0.2) is 0 Å². The maximum absolute atomic E-state index is 11.1. The van der Waals surface area contributed by atoms with Gasteiger partial charge in [-0.05, 0) is 30.5 Å². The van der Waals surface area contributed by atoms with Gasteiger partial charge in [-0.1, -0.05) is 18.2 Å². The summed E-state index contributed by atoms with van der Waals surface area (Å²) in [5, 5.41) is 1.04. The van der Waals surface area contributed by atoms with E-state index in [1.165, 1.54) is 6.26 Å². The molecule has 2 rings (SSSR count). The molecule has 0 amide bonds. The van der Waals surface area contributed by atoms with Crippen molar-refractivity contribution < 1.29 is 8.42 Å². The maximum atomic E-state index is 11.1. The van der Waals surface area contributed by atoms with E-state index in [0.29, 0.717) is 12.8 Å². The fraction of sp³-hybridized carbons (Fsp3) is 0.357. The number of aromatic nitrogens is 1. The van der Waals surface area contributed by atoms with E-state index in [-0.39, 0.29) is 11.8 Å². The smallest absolute Gasteiger partial charge is 0.147 e. The largest absolute Gasteiger partial charge is 0.324 e. The molecule has 0 saturated carbocycles. The molecule has 0 spiro atoms. The Labute approximate surface area is 113 Å². The highest BCUT2D eigenvalue weighted by Crippen LogP contribution is 2.24. The first-order chi connectivity index (χ1) is 8.97. The van der Waals surface area contributed by atoms with Crippen LogP contribution >= 0.6 is 0 Å². The van der Waals surface area contributed by atoms with Gasteiger partial charge < -0.3 is 5.73 Å². The summed E-state index contributed by atoms with van der Waals surface area (Å²) in [4.78, 5) is 4.29. The van der Waals surface area contributed by atoms with Gasteiger partial charge in [-0.15, -0.1) is 0 Å². The molecule has 19 heavy (non-hydrogen) atoms. The van der Waals surface area contributed by atoms with Crippen LogP contribution in [0.4, 0.5) is 0 Å². The molecule has 2 aromatic rings. The average molecular weight is 278 g/mol. The number of nitrogens with two attached hydrogens (primary N) is 1. The lowest BCUT2D eigenvalue weighted by Crippen LogP contribution is -2.13. The van der Waals surface area contributed by atoms with Gasteiger partial charge >= 0.3 is 0 Å². The zero-order chi connectivity index (χ0) is 13.9. The molecule has 102 valence electrons. The summed E-state index contributed by atoms with van der Waals surface area (Å²) in [5.41, 5.74) is 8.11. The fourth-order valence-corrected chi connectivity index (χ4v) is 2.85. The third-order valence-electron chi connectivity index (χ3n) is 3.11. The van der Waals surface area contributed by atoms with Gasteiger partial charge in [0.05, 0.1) is 5.52 Å². The average Bonchev–Trinajstić information content (AvgIpc) is 2.36. The van der Waals surface area contributed by atoms with Crippen molar-refractivity contribution in [1.82, 2.24) is 4.98 Å². The molecule has 1 heterocycles. The van der Waals surface area contributed by atoms with Crippen molar-refractivity contribution in [2.75, 3.05) is 12.0 Å².